The quantitative estimate of drug-likeness (QED) is 0.915. The lowest BCUT2D eigenvalue weighted by molar-refractivity contribution is 0.102. The molecule has 0 aromatic heterocycles. The maximum atomic E-state index is 12.4. The number of ether oxygens (including phenoxy) is 1. The van der Waals surface area contributed by atoms with Gasteiger partial charge in [0.05, 0.1) is 7.11 Å². The van der Waals surface area contributed by atoms with Crippen LogP contribution in [0, 0.1) is 0 Å². The van der Waals surface area contributed by atoms with Gasteiger partial charge in [0.2, 0.25) is 0 Å². The van der Waals surface area contributed by atoms with Gasteiger partial charge < -0.3 is 15.8 Å². The van der Waals surface area contributed by atoms with Crippen molar-refractivity contribution in [1.29, 1.82) is 0 Å². The molecule has 3 N–H and O–H groups in total. The summed E-state index contributed by atoms with van der Waals surface area (Å²) in [4.78, 5) is 12.4. The number of amides is 1. The van der Waals surface area contributed by atoms with Crippen molar-refractivity contribution < 1.29 is 9.53 Å². The van der Waals surface area contributed by atoms with Crippen molar-refractivity contribution in [1.82, 2.24) is 0 Å². The number of hydrogen-bond acceptors (Lipinski definition) is 3. The molecule has 1 atom stereocenters. The topological polar surface area (TPSA) is 64.3 Å². The summed E-state index contributed by atoms with van der Waals surface area (Å²) in [5.74, 6) is 0.614. The fraction of sp³-hybridized carbons (Fsp3) is 0.278. The molecule has 0 saturated heterocycles. The van der Waals surface area contributed by atoms with Crippen molar-refractivity contribution in [3.05, 3.63) is 59.2 Å². The Balaban J connectivity index is 1.77. The second kappa shape index (κ2) is 6.20. The van der Waals surface area contributed by atoms with Gasteiger partial charge >= 0.3 is 0 Å². The van der Waals surface area contributed by atoms with Gasteiger partial charge in [0, 0.05) is 23.4 Å². The number of aryl methyl sites for hydroxylation is 1. The number of rotatable bonds is 3. The summed E-state index contributed by atoms with van der Waals surface area (Å²) in [5, 5.41) is 2.90. The lowest BCUT2D eigenvalue weighted by Crippen LogP contribution is -2.28. The molecule has 4 heteroatoms. The number of nitrogens with one attached hydrogen (secondary N) is 1. The summed E-state index contributed by atoms with van der Waals surface area (Å²) in [6.07, 6.45) is 2.82. The monoisotopic (exact) mass is 296 g/mol. The second-order valence-corrected chi connectivity index (χ2v) is 5.67. The summed E-state index contributed by atoms with van der Waals surface area (Å²) in [6.45, 7) is 0. The molecule has 0 aliphatic heterocycles. The highest BCUT2D eigenvalue weighted by Crippen LogP contribution is 2.23. The zero-order valence-corrected chi connectivity index (χ0v) is 12.6. The Hall–Kier alpha value is -2.33. The van der Waals surface area contributed by atoms with Crippen molar-refractivity contribution in [2.75, 3.05) is 12.4 Å². The smallest absolute Gasteiger partial charge is 0.255 e. The first-order valence-electron chi connectivity index (χ1n) is 7.48. The Morgan fingerprint density at radius 2 is 2.09 bits per heavy atom. The van der Waals surface area contributed by atoms with Crippen LogP contribution in [0.3, 0.4) is 0 Å². The van der Waals surface area contributed by atoms with E-state index in [-0.39, 0.29) is 11.9 Å². The molecule has 1 aliphatic rings. The standard InChI is InChI=1S/C18H20N2O2/c1-22-17-4-2-3-16(11-17)20-18(21)14-6-5-13-10-15(19)8-7-12(13)9-14/h2-6,9,11,15H,7-8,10,19H2,1H3,(H,20,21)/t15-/m0/s1. The first kappa shape index (κ1) is 14.6. The molecule has 3 rings (SSSR count). The molecule has 0 spiro atoms. The van der Waals surface area contributed by atoms with Crippen LogP contribution in [0.2, 0.25) is 0 Å². The number of carbonyl (C=O) groups excluding carboxylic acids is 1. The number of hydrogen-bond donors (Lipinski definition) is 2. The molecule has 0 saturated carbocycles. The van der Waals surface area contributed by atoms with Crippen molar-refractivity contribution in [2.24, 2.45) is 5.73 Å². The Labute approximate surface area is 130 Å². The van der Waals surface area contributed by atoms with E-state index in [0.717, 1.165) is 30.7 Å². The molecule has 0 unspecified atom stereocenters. The van der Waals surface area contributed by atoms with Crippen LogP contribution in [0.15, 0.2) is 42.5 Å². The van der Waals surface area contributed by atoms with Crippen LogP contribution in [0.1, 0.15) is 27.9 Å². The fourth-order valence-corrected chi connectivity index (χ4v) is 2.83. The number of methoxy groups -OCH3 is 1. The average molecular weight is 296 g/mol. The number of nitrogens with two attached hydrogens (primary N) is 1. The minimum Gasteiger partial charge on any atom is -0.497 e. The van der Waals surface area contributed by atoms with E-state index in [4.69, 9.17) is 10.5 Å². The van der Waals surface area contributed by atoms with Gasteiger partial charge in [-0.3, -0.25) is 4.79 Å². The third-order valence-corrected chi connectivity index (χ3v) is 4.06. The van der Waals surface area contributed by atoms with Crippen LogP contribution in [0.5, 0.6) is 5.75 Å². The van der Waals surface area contributed by atoms with E-state index in [9.17, 15) is 4.79 Å². The molecule has 0 heterocycles. The predicted molar refractivity (Wildman–Crippen MR) is 87.4 cm³/mol. The van der Waals surface area contributed by atoms with Crippen LogP contribution in [-0.4, -0.2) is 19.1 Å². The Bertz CT molecular complexity index is 697. The van der Waals surface area contributed by atoms with Crippen molar-refractivity contribution >= 4 is 11.6 Å². The molecule has 0 fully saturated rings. The largest absolute Gasteiger partial charge is 0.497 e. The third kappa shape index (κ3) is 3.12. The maximum absolute atomic E-state index is 12.4. The van der Waals surface area contributed by atoms with Gasteiger partial charge in [0.25, 0.3) is 5.91 Å². The highest BCUT2D eigenvalue weighted by atomic mass is 16.5. The van der Waals surface area contributed by atoms with Gasteiger partial charge in [-0.05, 0) is 54.7 Å². The van der Waals surface area contributed by atoms with Crippen LogP contribution < -0.4 is 15.8 Å². The lowest BCUT2D eigenvalue weighted by Gasteiger charge is -2.21. The third-order valence-electron chi connectivity index (χ3n) is 4.06. The molecular weight excluding hydrogens is 276 g/mol. The maximum Gasteiger partial charge on any atom is 0.255 e. The Morgan fingerprint density at radius 3 is 2.91 bits per heavy atom. The SMILES string of the molecule is COc1cccc(NC(=O)c2ccc3c(c2)CC[C@H](N)C3)c1. The summed E-state index contributed by atoms with van der Waals surface area (Å²) in [5.41, 5.74) is 9.89. The molecule has 1 amide bonds. The number of anilines is 1. The zero-order valence-electron chi connectivity index (χ0n) is 12.6. The summed E-state index contributed by atoms with van der Waals surface area (Å²) in [6, 6.07) is 13.5. The summed E-state index contributed by atoms with van der Waals surface area (Å²) >= 11 is 0. The Morgan fingerprint density at radius 1 is 1.23 bits per heavy atom. The minimum atomic E-state index is -0.106. The zero-order chi connectivity index (χ0) is 15.5. The first-order valence-corrected chi connectivity index (χ1v) is 7.48. The molecule has 114 valence electrons. The fourth-order valence-electron chi connectivity index (χ4n) is 2.83. The second-order valence-electron chi connectivity index (χ2n) is 5.67. The van der Waals surface area contributed by atoms with Crippen LogP contribution >= 0.6 is 0 Å². The lowest BCUT2D eigenvalue weighted by atomic mass is 9.87. The molecule has 0 radical (unpaired) electrons. The van der Waals surface area contributed by atoms with Gasteiger partial charge in [0.1, 0.15) is 5.75 Å². The van der Waals surface area contributed by atoms with Gasteiger partial charge in [-0.15, -0.1) is 0 Å². The molecule has 2 aromatic rings. The molecule has 4 nitrogen and oxygen atoms in total. The molecule has 0 bridgehead atoms. The van der Waals surface area contributed by atoms with Gasteiger partial charge in [0.15, 0.2) is 0 Å². The summed E-state index contributed by atoms with van der Waals surface area (Å²) in [7, 11) is 1.61. The van der Waals surface area contributed by atoms with Crippen molar-refractivity contribution in [2.45, 2.75) is 25.3 Å². The van der Waals surface area contributed by atoms with E-state index in [1.54, 1.807) is 13.2 Å². The van der Waals surface area contributed by atoms with Crippen LogP contribution in [0.25, 0.3) is 0 Å². The van der Waals surface area contributed by atoms with E-state index in [1.807, 2.05) is 36.4 Å². The number of carbonyl (C=O) groups is 1. The average Bonchev–Trinajstić information content (AvgIpc) is 2.54. The van der Waals surface area contributed by atoms with Gasteiger partial charge in [-0.1, -0.05) is 12.1 Å². The predicted octanol–water partition coefficient (Wildman–Crippen LogP) is 2.76. The van der Waals surface area contributed by atoms with E-state index >= 15 is 0 Å². The molecule has 2 aromatic carbocycles. The van der Waals surface area contributed by atoms with E-state index in [2.05, 4.69) is 5.32 Å². The molecule has 22 heavy (non-hydrogen) atoms. The number of benzene rings is 2. The number of fused-ring (bicyclic) bond motifs is 1. The Kier molecular flexibility index (Phi) is 4.11. The van der Waals surface area contributed by atoms with E-state index in [1.165, 1.54) is 11.1 Å². The van der Waals surface area contributed by atoms with Crippen molar-refractivity contribution in [3.63, 3.8) is 0 Å². The van der Waals surface area contributed by atoms with E-state index in [0.29, 0.717) is 5.56 Å². The van der Waals surface area contributed by atoms with E-state index < -0.39 is 0 Å². The normalized spacial score (nSPS) is 16.7. The molecular formula is C18H20N2O2. The highest BCUT2D eigenvalue weighted by molar-refractivity contribution is 6.04. The molecule has 1 aliphatic carbocycles. The van der Waals surface area contributed by atoms with Crippen molar-refractivity contribution in [3.8, 4) is 5.75 Å². The first-order chi connectivity index (χ1) is 10.7. The minimum absolute atomic E-state index is 0.106. The van der Waals surface area contributed by atoms with Crippen LogP contribution in [-0.2, 0) is 12.8 Å². The highest BCUT2D eigenvalue weighted by Gasteiger charge is 2.17. The van der Waals surface area contributed by atoms with Gasteiger partial charge in [-0.2, -0.15) is 0 Å². The van der Waals surface area contributed by atoms with Gasteiger partial charge in [-0.25, -0.2) is 0 Å². The summed E-state index contributed by atoms with van der Waals surface area (Å²) < 4.78 is 5.16. The van der Waals surface area contributed by atoms with Crippen LogP contribution in [0.4, 0.5) is 5.69 Å².